The van der Waals surface area contributed by atoms with Crippen LogP contribution in [0.4, 0.5) is 0 Å². The lowest BCUT2D eigenvalue weighted by Crippen LogP contribution is -2.33. The average molecular weight is 256 g/mol. The molecule has 0 atom stereocenters. The highest BCUT2D eigenvalue weighted by Gasteiger charge is 2.16. The normalized spacial score (nSPS) is 11.5. The summed E-state index contributed by atoms with van der Waals surface area (Å²) in [5, 5.41) is 12.2. The zero-order chi connectivity index (χ0) is 12.8. The molecular weight excluding hydrogens is 240 g/mol. The number of amidine groups is 1. The summed E-state index contributed by atoms with van der Waals surface area (Å²) in [4.78, 5) is 18.4. The fourth-order valence-corrected chi connectivity index (χ4v) is 2.06. The van der Waals surface area contributed by atoms with Crippen LogP contribution in [-0.2, 0) is 0 Å². The molecule has 0 unspecified atom stereocenters. The van der Waals surface area contributed by atoms with Crippen LogP contribution in [0, 0.1) is 6.92 Å². The van der Waals surface area contributed by atoms with Crippen molar-refractivity contribution in [3.8, 4) is 0 Å². The zero-order valence-electron chi connectivity index (χ0n) is 9.88. The lowest BCUT2D eigenvalue weighted by atomic mass is 10.3. The molecule has 0 radical (unpaired) electrons. The van der Waals surface area contributed by atoms with Gasteiger partial charge >= 0.3 is 0 Å². The molecule has 1 aromatic heterocycles. The monoisotopic (exact) mass is 256 g/mol. The molecule has 0 aliphatic carbocycles. The molecule has 1 heterocycles. The van der Waals surface area contributed by atoms with E-state index in [0.29, 0.717) is 24.4 Å². The number of rotatable bonds is 5. The van der Waals surface area contributed by atoms with Crippen LogP contribution in [0.15, 0.2) is 11.4 Å². The second kappa shape index (κ2) is 6.19. The molecule has 0 saturated heterocycles. The molecule has 1 rings (SSSR count). The molecular formula is C10H16N4O2S. The van der Waals surface area contributed by atoms with Crippen molar-refractivity contribution < 1.29 is 10.0 Å². The van der Waals surface area contributed by atoms with Gasteiger partial charge in [0.2, 0.25) is 0 Å². The minimum Gasteiger partial charge on any atom is -0.409 e. The predicted octanol–water partition coefficient (Wildman–Crippen LogP) is 1.05. The number of carbonyl (C=O) groups is 1. The first-order chi connectivity index (χ1) is 8.08. The van der Waals surface area contributed by atoms with E-state index >= 15 is 0 Å². The van der Waals surface area contributed by atoms with Crippen molar-refractivity contribution in [1.29, 1.82) is 0 Å². The van der Waals surface area contributed by atoms with Gasteiger partial charge in [-0.3, -0.25) is 4.79 Å². The molecule has 17 heavy (non-hydrogen) atoms. The summed E-state index contributed by atoms with van der Waals surface area (Å²) in [6.07, 6.45) is 1.93. The maximum absolute atomic E-state index is 12.0. The molecule has 7 heteroatoms. The summed E-state index contributed by atoms with van der Waals surface area (Å²) in [6.45, 7) is 4.75. The lowest BCUT2D eigenvalue weighted by Gasteiger charge is -2.19. The van der Waals surface area contributed by atoms with Gasteiger partial charge in [-0.05, 0) is 13.8 Å². The highest BCUT2D eigenvalue weighted by molar-refractivity contribution is 7.13. The molecule has 0 aliphatic rings. The Morgan fingerprint density at radius 2 is 2.41 bits per heavy atom. The lowest BCUT2D eigenvalue weighted by molar-refractivity contribution is 0.0773. The molecule has 6 nitrogen and oxygen atoms in total. The Bertz CT molecular complexity index is 416. The first-order valence-corrected chi connectivity index (χ1v) is 6.08. The second-order valence-electron chi connectivity index (χ2n) is 3.47. The number of hydrogen-bond donors (Lipinski definition) is 2. The molecule has 0 fully saturated rings. The van der Waals surface area contributed by atoms with Crippen LogP contribution in [0.3, 0.4) is 0 Å². The molecule has 1 aromatic rings. The summed E-state index contributed by atoms with van der Waals surface area (Å²) in [7, 11) is 0. The Balaban J connectivity index is 2.64. The van der Waals surface area contributed by atoms with Gasteiger partial charge in [0.25, 0.3) is 5.91 Å². The van der Waals surface area contributed by atoms with Crippen molar-refractivity contribution >= 4 is 23.1 Å². The second-order valence-corrected chi connectivity index (χ2v) is 4.70. The molecule has 0 aromatic carbocycles. The topological polar surface area (TPSA) is 91.8 Å². The smallest absolute Gasteiger partial charge is 0.265 e. The van der Waals surface area contributed by atoms with Gasteiger partial charge < -0.3 is 15.8 Å². The Labute approximate surface area is 104 Å². The summed E-state index contributed by atoms with van der Waals surface area (Å²) >= 11 is 1.37. The van der Waals surface area contributed by atoms with E-state index in [1.54, 1.807) is 11.1 Å². The Hall–Kier alpha value is -1.63. The van der Waals surface area contributed by atoms with Crippen molar-refractivity contribution in [3.63, 3.8) is 0 Å². The summed E-state index contributed by atoms with van der Waals surface area (Å²) in [6, 6.07) is 0. The highest BCUT2D eigenvalue weighted by Crippen LogP contribution is 2.14. The van der Waals surface area contributed by atoms with Gasteiger partial charge in [-0.1, -0.05) is 5.16 Å². The molecule has 0 saturated carbocycles. The van der Waals surface area contributed by atoms with Crippen LogP contribution < -0.4 is 5.73 Å². The number of amides is 1. The van der Waals surface area contributed by atoms with Crippen LogP contribution in [0.5, 0.6) is 0 Å². The Kier molecular flexibility index (Phi) is 4.89. The number of aromatic nitrogens is 1. The maximum Gasteiger partial charge on any atom is 0.265 e. The molecule has 94 valence electrons. The molecule has 0 spiro atoms. The largest absolute Gasteiger partial charge is 0.409 e. The summed E-state index contributed by atoms with van der Waals surface area (Å²) in [5.74, 6) is 0.0561. The Morgan fingerprint density at radius 3 is 2.88 bits per heavy atom. The van der Waals surface area contributed by atoms with E-state index < -0.39 is 0 Å². The minimum absolute atomic E-state index is 0.0659. The number of thiazole rings is 1. The van der Waals surface area contributed by atoms with Crippen molar-refractivity contribution in [2.45, 2.75) is 20.3 Å². The number of hydrogen-bond acceptors (Lipinski definition) is 5. The van der Waals surface area contributed by atoms with E-state index in [1.807, 2.05) is 13.8 Å². The quantitative estimate of drug-likeness (QED) is 0.356. The standard InChI is InChI=1S/C10H16N4O2S/c1-3-14(5-4-9(11)13-16)10(15)8-6-12-7(2)17-8/h6,16H,3-5H2,1-2H3,(H2,11,13). The minimum atomic E-state index is -0.0659. The maximum atomic E-state index is 12.0. The number of carbonyl (C=O) groups excluding carboxylic acids is 1. The number of nitrogens with zero attached hydrogens (tertiary/aromatic N) is 3. The molecule has 3 N–H and O–H groups in total. The van der Waals surface area contributed by atoms with Gasteiger partial charge in [-0.2, -0.15) is 0 Å². The SMILES string of the molecule is CCN(CCC(N)=NO)C(=O)c1cnc(C)s1. The molecule has 0 aliphatic heterocycles. The summed E-state index contributed by atoms with van der Waals surface area (Å²) in [5.41, 5.74) is 5.37. The third-order valence-electron chi connectivity index (χ3n) is 2.27. The van der Waals surface area contributed by atoms with E-state index in [4.69, 9.17) is 10.9 Å². The van der Waals surface area contributed by atoms with E-state index in [0.717, 1.165) is 5.01 Å². The van der Waals surface area contributed by atoms with Crippen molar-refractivity contribution in [1.82, 2.24) is 9.88 Å². The first-order valence-electron chi connectivity index (χ1n) is 5.26. The summed E-state index contributed by atoms with van der Waals surface area (Å²) < 4.78 is 0. The first kappa shape index (κ1) is 13.4. The van der Waals surface area contributed by atoms with E-state index in [1.165, 1.54) is 11.3 Å². The van der Waals surface area contributed by atoms with Crippen LogP contribution in [0.1, 0.15) is 28.0 Å². The van der Waals surface area contributed by atoms with Gasteiger partial charge in [-0.25, -0.2) is 4.98 Å². The predicted molar refractivity (Wildman–Crippen MR) is 66.5 cm³/mol. The highest BCUT2D eigenvalue weighted by atomic mass is 32.1. The third-order valence-corrected chi connectivity index (χ3v) is 3.17. The number of nitrogens with two attached hydrogens (primary N) is 1. The zero-order valence-corrected chi connectivity index (χ0v) is 10.7. The number of oxime groups is 1. The third kappa shape index (κ3) is 3.70. The fraction of sp³-hybridized carbons (Fsp3) is 0.500. The average Bonchev–Trinajstić information content (AvgIpc) is 2.76. The molecule has 0 bridgehead atoms. The fourth-order valence-electron chi connectivity index (χ4n) is 1.32. The van der Waals surface area contributed by atoms with Gasteiger partial charge in [-0.15, -0.1) is 11.3 Å². The van der Waals surface area contributed by atoms with Crippen LogP contribution in [0.25, 0.3) is 0 Å². The van der Waals surface area contributed by atoms with Crippen molar-refractivity contribution in [2.24, 2.45) is 10.9 Å². The van der Waals surface area contributed by atoms with Crippen LogP contribution in [-0.4, -0.2) is 39.9 Å². The van der Waals surface area contributed by atoms with Gasteiger partial charge in [0.05, 0.1) is 11.2 Å². The van der Waals surface area contributed by atoms with E-state index in [2.05, 4.69) is 10.1 Å². The van der Waals surface area contributed by atoms with Gasteiger partial charge in [0.1, 0.15) is 10.7 Å². The van der Waals surface area contributed by atoms with Crippen LogP contribution in [0.2, 0.25) is 0 Å². The van der Waals surface area contributed by atoms with Gasteiger partial charge in [0, 0.05) is 19.5 Å². The van der Waals surface area contributed by atoms with Crippen molar-refractivity contribution in [3.05, 3.63) is 16.1 Å². The Morgan fingerprint density at radius 1 is 1.71 bits per heavy atom. The van der Waals surface area contributed by atoms with Crippen molar-refractivity contribution in [2.75, 3.05) is 13.1 Å². The van der Waals surface area contributed by atoms with Crippen LogP contribution >= 0.6 is 11.3 Å². The molecule has 1 amide bonds. The van der Waals surface area contributed by atoms with Gasteiger partial charge in [0.15, 0.2) is 0 Å². The number of aryl methyl sites for hydroxylation is 1. The van der Waals surface area contributed by atoms with E-state index in [9.17, 15) is 4.79 Å². The van der Waals surface area contributed by atoms with E-state index in [-0.39, 0.29) is 11.7 Å².